The third-order valence-corrected chi connectivity index (χ3v) is 3.02. The zero-order chi connectivity index (χ0) is 14.7. The summed E-state index contributed by atoms with van der Waals surface area (Å²) in [6.45, 7) is -0.695. The molecule has 0 bridgehead atoms. The van der Waals surface area contributed by atoms with E-state index in [1.165, 1.54) is 12.3 Å². The van der Waals surface area contributed by atoms with Crippen molar-refractivity contribution in [2.75, 3.05) is 25.6 Å². The second kappa shape index (κ2) is 6.29. The van der Waals surface area contributed by atoms with E-state index in [0.717, 1.165) is 4.57 Å². The van der Waals surface area contributed by atoms with Crippen molar-refractivity contribution >= 4 is 5.82 Å². The van der Waals surface area contributed by atoms with Crippen LogP contribution in [0, 0.1) is 0 Å². The average Bonchev–Trinajstić information content (AvgIpc) is 2.73. The molecular weight excluding hydrogens is 270 g/mol. The summed E-state index contributed by atoms with van der Waals surface area (Å²) in [6.07, 6.45) is -2.48. The van der Waals surface area contributed by atoms with Crippen LogP contribution in [0.15, 0.2) is 17.1 Å². The number of aliphatic hydroxyl groups is 3. The van der Waals surface area contributed by atoms with Crippen LogP contribution < -0.4 is 11.4 Å². The Morgan fingerprint density at radius 3 is 2.85 bits per heavy atom. The van der Waals surface area contributed by atoms with Crippen LogP contribution in [0.3, 0.4) is 0 Å². The molecule has 1 saturated heterocycles. The molecule has 1 aromatic heterocycles. The number of ether oxygens (including phenoxy) is 2. The molecule has 1 unspecified atom stereocenters. The molecule has 5 N–H and O–H groups in total. The lowest BCUT2D eigenvalue weighted by Gasteiger charge is -2.21. The quantitative estimate of drug-likeness (QED) is 0.464. The molecular formula is C11H17N3O6. The first kappa shape index (κ1) is 14.9. The van der Waals surface area contributed by atoms with Gasteiger partial charge in [0.1, 0.15) is 24.1 Å². The predicted molar refractivity (Wildman–Crippen MR) is 66.7 cm³/mol. The highest BCUT2D eigenvalue weighted by molar-refractivity contribution is 5.23. The molecule has 4 atom stereocenters. The minimum absolute atomic E-state index is 0.0309. The van der Waals surface area contributed by atoms with Crippen LogP contribution in [0.1, 0.15) is 6.23 Å². The zero-order valence-corrected chi connectivity index (χ0v) is 10.6. The van der Waals surface area contributed by atoms with Crippen molar-refractivity contribution in [3.05, 3.63) is 22.7 Å². The topological polar surface area (TPSA) is 140 Å². The molecule has 9 heteroatoms. The SMILES string of the molecule is Nc1ccn([C@@H]2O[C@H](CO)C(O)[C@@H]2OCCO)c(=O)n1. The van der Waals surface area contributed by atoms with Gasteiger partial charge in [-0.15, -0.1) is 0 Å². The fraction of sp³-hybridized carbons (Fsp3) is 0.636. The van der Waals surface area contributed by atoms with Gasteiger partial charge in [-0.2, -0.15) is 4.98 Å². The number of aromatic nitrogens is 2. The van der Waals surface area contributed by atoms with E-state index in [9.17, 15) is 9.90 Å². The maximum atomic E-state index is 11.8. The molecule has 1 aliphatic heterocycles. The summed E-state index contributed by atoms with van der Waals surface area (Å²) in [7, 11) is 0. The first-order valence-corrected chi connectivity index (χ1v) is 6.10. The average molecular weight is 287 g/mol. The standard InChI is InChI=1S/C11H17N3O6/c12-7-1-2-14(11(18)13-7)10-9(19-4-3-15)8(17)6(5-16)20-10/h1-2,6,8-10,15-17H,3-5H2,(H2,12,13,18)/t6-,8?,9+,10-/m1/s1. The number of anilines is 1. The number of nitrogen functional groups attached to an aromatic ring is 1. The maximum absolute atomic E-state index is 11.8. The van der Waals surface area contributed by atoms with E-state index in [0.29, 0.717) is 0 Å². The molecule has 0 aliphatic carbocycles. The number of hydrogen-bond acceptors (Lipinski definition) is 8. The normalized spacial score (nSPS) is 29.8. The monoisotopic (exact) mass is 287 g/mol. The molecule has 20 heavy (non-hydrogen) atoms. The molecule has 9 nitrogen and oxygen atoms in total. The molecule has 1 aromatic rings. The summed E-state index contributed by atoms with van der Waals surface area (Å²) in [5, 5.41) is 27.9. The van der Waals surface area contributed by atoms with Crippen LogP contribution in [0.25, 0.3) is 0 Å². The van der Waals surface area contributed by atoms with Crippen molar-refractivity contribution in [1.29, 1.82) is 0 Å². The number of hydrogen-bond donors (Lipinski definition) is 4. The third-order valence-electron chi connectivity index (χ3n) is 3.02. The van der Waals surface area contributed by atoms with Crippen molar-refractivity contribution in [2.45, 2.75) is 24.5 Å². The molecule has 1 aliphatic rings. The van der Waals surface area contributed by atoms with Gasteiger partial charge in [0.25, 0.3) is 0 Å². The first-order chi connectivity index (χ1) is 9.58. The van der Waals surface area contributed by atoms with Gasteiger partial charge in [0.15, 0.2) is 6.23 Å². The largest absolute Gasteiger partial charge is 0.394 e. The van der Waals surface area contributed by atoms with Crippen molar-refractivity contribution in [1.82, 2.24) is 9.55 Å². The van der Waals surface area contributed by atoms with Crippen LogP contribution in [-0.2, 0) is 9.47 Å². The van der Waals surface area contributed by atoms with Gasteiger partial charge in [0.2, 0.25) is 0 Å². The Kier molecular flexibility index (Phi) is 4.68. The molecule has 112 valence electrons. The molecule has 2 heterocycles. The molecule has 0 saturated carbocycles. The minimum atomic E-state index is -1.12. The molecule has 0 spiro atoms. The van der Waals surface area contributed by atoms with Crippen molar-refractivity contribution in [3.63, 3.8) is 0 Å². The lowest BCUT2D eigenvalue weighted by molar-refractivity contribution is -0.0796. The van der Waals surface area contributed by atoms with E-state index in [-0.39, 0.29) is 19.0 Å². The lowest BCUT2D eigenvalue weighted by atomic mass is 10.1. The number of nitrogens with two attached hydrogens (primary N) is 1. The Balaban J connectivity index is 2.29. The summed E-state index contributed by atoms with van der Waals surface area (Å²) < 4.78 is 11.8. The summed E-state index contributed by atoms with van der Waals surface area (Å²) in [5.41, 5.74) is 4.75. The minimum Gasteiger partial charge on any atom is -0.394 e. The fourth-order valence-electron chi connectivity index (χ4n) is 2.08. The van der Waals surface area contributed by atoms with E-state index in [1.54, 1.807) is 0 Å². The molecule has 0 amide bonds. The Labute approximate surface area is 114 Å². The van der Waals surface area contributed by atoms with Gasteiger partial charge in [0.05, 0.1) is 19.8 Å². The van der Waals surface area contributed by atoms with Crippen molar-refractivity contribution < 1.29 is 24.8 Å². The lowest BCUT2D eigenvalue weighted by Crippen LogP contribution is -2.38. The highest BCUT2D eigenvalue weighted by atomic mass is 16.6. The third kappa shape index (κ3) is 2.81. The van der Waals surface area contributed by atoms with E-state index < -0.39 is 36.8 Å². The molecule has 2 rings (SSSR count). The van der Waals surface area contributed by atoms with Crippen LogP contribution in [0.4, 0.5) is 5.82 Å². The van der Waals surface area contributed by atoms with Crippen molar-refractivity contribution in [3.8, 4) is 0 Å². The second-order valence-corrected chi connectivity index (χ2v) is 4.34. The summed E-state index contributed by atoms with van der Waals surface area (Å²) >= 11 is 0. The summed E-state index contributed by atoms with van der Waals surface area (Å²) in [5.74, 6) is 0.0660. The van der Waals surface area contributed by atoms with Crippen LogP contribution >= 0.6 is 0 Å². The molecule has 0 aromatic carbocycles. The number of aliphatic hydroxyl groups excluding tert-OH is 3. The Hall–Kier alpha value is -1.52. The highest BCUT2D eigenvalue weighted by Gasteiger charge is 2.45. The van der Waals surface area contributed by atoms with Gasteiger partial charge < -0.3 is 30.5 Å². The van der Waals surface area contributed by atoms with Gasteiger partial charge in [-0.3, -0.25) is 4.57 Å². The van der Waals surface area contributed by atoms with E-state index >= 15 is 0 Å². The molecule has 0 radical (unpaired) electrons. The Bertz CT molecular complexity index is 507. The van der Waals surface area contributed by atoms with Gasteiger partial charge >= 0.3 is 5.69 Å². The fourth-order valence-corrected chi connectivity index (χ4v) is 2.08. The van der Waals surface area contributed by atoms with Gasteiger partial charge in [0, 0.05) is 6.20 Å². The predicted octanol–water partition coefficient (Wildman–Crippen LogP) is -2.55. The van der Waals surface area contributed by atoms with Crippen LogP contribution in [0.2, 0.25) is 0 Å². The highest BCUT2D eigenvalue weighted by Crippen LogP contribution is 2.30. The first-order valence-electron chi connectivity index (χ1n) is 6.10. The smallest absolute Gasteiger partial charge is 0.351 e. The second-order valence-electron chi connectivity index (χ2n) is 4.34. The van der Waals surface area contributed by atoms with E-state index in [2.05, 4.69) is 4.98 Å². The van der Waals surface area contributed by atoms with Gasteiger partial charge in [-0.25, -0.2) is 4.79 Å². The Morgan fingerprint density at radius 1 is 1.50 bits per heavy atom. The van der Waals surface area contributed by atoms with E-state index in [4.69, 9.17) is 25.4 Å². The maximum Gasteiger partial charge on any atom is 0.351 e. The number of nitrogens with zero attached hydrogens (tertiary/aromatic N) is 2. The van der Waals surface area contributed by atoms with E-state index in [1.807, 2.05) is 0 Å². The zero-order valence-electron chi connectivity index (χ0n) is 10.6. The van der Waals surface area contributed by atoms with Crippen LogP contribution in [-0.4, -0.2) is 63.0 Å². The van der Waals surface area contributed by atoms with Gasteiger partial charge in [-0.1, -0.05) is 0 Å². The molecule has 1 fully saturated rings. The Morgan fingerprint density at radius 2 is 2.25 bits per heavy atom. The number of rotatable bonds is 5. The van der Waals surface area contributed by atoms with Crippen molar-refractivity contribution in [2.24, 2.45) is 0 Å². The van der Waals surface area contributed by atoms with Gasteiger partial charge in [-0.05, 0) is 6.07 Å². The summed E-state index contributed by atoms with van der Waals surface area (Å²) in [6, 6.07) is 1.41. The van der Waals surface area contributed by atoms with Crippen LogP contribution in [0.5, 0.6) is 0 Å². The summed E-state index contributed by atoms with van der Waals surface area (Å²) in [4.78, 5) is 15.4.